The molecule has 0 saturated carbocycles. The molecule has 5 heteroatoms. The first-order valence-electron chi connectivity index (χ1n) is 4.47. The van der Waals surface area contributed by atoms with Gasteiger partial charge in [-0.15, -0.1) is 0 Å². The van der Waals surface area contributed by atoms with E-state index < -0.39 is 0 Å². The Morgan fingerprint density at radius 2 is 2.33 bits per heavy atom. The average molecular weight is 289 g/mol. The van der Waals surface area contributed by atoms with Crippen LogP contribution in [0.15, 0.2) is 22.7 Å². The smallest absolute Gasteiger partial charge is 0.104 e. The number of anilines is 1. The van der Waals surface area contributed by atoms with Gasteiger partial charge in [0.1, 0.15) is 4.99 Å². The zero-order valence-electron chi connectivity index (χ0n) is 8.42. The van der Waals surface area contributed by atoms with Crippen LogP contribution in [0, 0.1) is 0 Å². The number of methoxy groups -OCH3 is 1. The van der Waals surface area contributed by atoms with Crippen molar-refractivity contribution in [2.45, 2.75) is 0 Å². The summed E-state index contributed by atoms with van der Waals surface area (Å²) in [6.45, 7) is 1.44. The maximum atomic E-state index is 5.52. The highest BCUT2D eigenvalue weighted by atomic mass is 79.9. The second kappa shape index (κ2) is 6.05. The minimum absolute atomic E-state index is 0.402. The number of ether oxygens (including phenoxy) is 1. The molecule has 15 heavy (non-hydrogen) atoms. The predicted molar refractivity (Wildman–Crippen MR) is 70.4 cm³/mol. The summed E-state index contributed by atoms with van der Waals surface area (Å²) < 4.78 is 5.89. The summed E-state index contributed by atoms with van der Waals surface area (Å²) >= 11 is 8.34. The van der Waals surface area contributed by atoms with Crippen LogP contribution in [0.5, 0.6) is 0 Å². The first-order chi connectivity index (χ1) is 7.15. The predicted octanol–water partition coefficient (Wildman–Crippen LogP) is 2.14. The molecule has 0 spiro atoms. The van der Waals surface area contributed by atoms with E-state index in [-0.39, 0.29) is 0 Å². The minimum Gasteiger partial charge on any atom is -0.389 e. The lowest BCUT2D eigenvalue weighted by molar-refractivity contribution is 0.211. The molecular weight excluding hydrogens is 276 g/mol. The molecule has 0 heterocycles. The molecule has 0 amide bonds. The quantitative estimate of drug-likeness (QED) is 0.644. The molecule has 3 N–H and O–H groups in total. The van der Waals surface area contributed by atoms with Crippen LogP contribution in [-0.2, 0) is 4.74 Å². The van der Waals surface area contributed by atoms with E-state index in [2.05, 4.69) is 21.2 Å². The van der Waals surface area contributed by atoms with Crippen molar-refractivity contribution in [1.29, 1.82) is 0 Å². The SMILES string of the molecule is COCCNc1ccc(C(N)=S)cc1Br. The summed E-state index contributed by atoms with van der Waals surface area (Å²) in [7, 11) is 1.67. The Bertz CT molecular complexity index is 357. The Morgan fingerprint density at radius 1 is 1.60 bits per heavy atom. The van der Waals surface area contributed by atoms with E-state index in [0.717, 1.165) is 22.3 Å². The third kappa shape index (κ3) is 3.77. The Balaban J connectivity index is 2.70. The molecule has 0 saturated heterocycles. The van der Waals surface area contributed by atoms with Gasteiger partial charge in [0.15, 0.2) is 0 Å². The molecular formula is C10H13BrN2OS. The largest absolute Gasteiger partial charge is 0.389 e. The van der Waals surface area contributed by atoms with Gasteiger partial charge >= 0.3 is 0 Å². The molecule has 1 rings (SSSR count). The summed E-state index contributed by atoms with van der Waals surface area (Å²) in [5.74, 6) is 0. The number of halogens is 1. The molecule has 0 aliphatic rings. The lowest BCUT2D eigenvalue weighted by Crippen LogP contribution is -2.11. The average Bonchev–Trinajstić information content (AvgIpc) is 2.20. The highest BCUT2D eigenvalue weighted by molar-refractivity contribution is 9.10. The van der Waals surface area contributed by atoms with Gasteiger partial charge in [0.2, 0.25) is 0 Å². The van der Waals surface area contributed by atoms with Gasteiger partial charge in [-0.3, -0.25) is 0 Å². The molecule has 0 aliphatic carbocycles. The van der Waals surface area contributed by atoms with Crippen LogP contribution in [0.25, 0.3) is 0 Å². The Hall–Kier alpha value is -0.650. The van der Waals surface area contributed by atoms with Crippen molar-refractivity contribution in [2.24, 2.45) is 5.73 Å². The van der Waals surface area contributed by atoms with Crippen LogP contribution in [0.1, 0.15) is 5.56 Å². The van der Waals surface area contributed by atoms with Gasteiger partial charge in [-0.1, -0.05) is 12.2 Å². The van der Waals surface area contributed by atoms with Crippen LogP contribution in [0.4, 0.5) is 5.69 Å². The lowest BCUT2D eigenvalue weighted by Gasteiger charge is -2.09. The van der Waals surface area contributed by atoms with Crippen molar-refractivity contribution in [1.82, 2.24) is 0 Å². The zero-order chi connectivity index (χ0) is 11.3. The highest BCUT2D eigenvalue weighted by Crippen LogP contribution is 2.23. The molecule has 0 aliphatic heterocycles. The van der Waals surface area contributed by atoms with Crippen molar-refractivity contribution in [2.75, 3.05) is 25.6 Å². The van der Waals surface area contributed by atoms with Gasteiger partial charge in [-0.25, -0.2) is 0 Å². The minimum atomic E-state index is 0.402. The monoisotopic (exact) mass is 288 g/mol. The molecule has 1 aromatic rings. The Labute approximate surface area is 103 Å². The van der Waals surface area contributed by atoms with E-state index in [1.807, 2.05) is 18.2 Å². The number of thiocarbonyl (C=S) groups is 1. The Kier molecular flexibility index (Phi) is 5.01. The van der Waals surface area contributed by atoms with Crippen molar-refractivity contribution < 1.29 is 4.74 Å². The first-order valence-corrected chi connectivity index (χ1v) is 5.67. The zero-order valence-corrected chi connectivity index (χ0v) is 10.8. The fourth-order valence-electron chi connectivity index (χ4n) is 1.10. The maximum Gasteiger partial charge on any atom is 0.104 e. The van der Waals surface area contributed by atoms with Gasteiger partial charge in [0.05, 0.1) is 6.61 Å². The number of rotatable bonds is 5. The van der Waals surface area contributed by atoms with E-state index in [1.165, 1.54) is 0 Å². The van der Waals surface area contributed by atoms with E-state index in [9.17, 15) is 0 Å². The molecule has 0 unspecified atom stereocenters. The van der Waals surface area contributed by atoms with E-state index >= 15 is 0 Å². The van der Waals surface area contributed by atoms with Crippen LogP contribution >= 0.6 is 28.1 Å². The van der Waals surface area contributed by atoms with E-state index in [1.54, 1.807) is 7.11 Å². The van der Waals surface area contributed by atoms with Crippen LogP contribution in [-0.4, -0.2) is 25.2 Å². The second-order valence-corrected chi connectivity index (χ2v) is 4.27. The molecule has 0 aromatic heterocycles. The summed E-state index contributed by atoms with van der Waals surface area (Å²) in [5.41, 5.74) is 7.39. The second-order valence-electron chi connectivity index (χ2n) is 2.98. The van der Waals surface area contributed by atoms with Crippen LogP contribution in [0.2, 0.25) is 0 Å². The van der Waals surface area contributed by atoms with Gasteiger partial charge in [-0.05, 0) is 34.1 Å². The standard InChI is InChI=1S/C10H13BrN2OS/c1-14-5-4-13-9-3-2-7(10(12)15)6-8(9)11/h2-3,6,13H,4-5H2,1H3,(H2,12,15). The van der Waals surface area contributed by atoms with Gasteiger partial charge < -0.3 is 15.8 Å². The maximum absolute atomic E-state index is 5.52. The van der Waals surface area contributed by atoms with Gasteiger partial charge in [0.25, 0.3) is 0 Å². The van der Waals surface area contributed by atoms with Crippen molar-refractivity contribution >= 4 is 38.8 Å². The highest BCUT2D eigenvalue weighted by Gasteiger charge is 2.02. The normalized spacial score (nSPS) is 10.0. The number of nitrogens with two attached hydrogens (primary N) is 1. The van der Waals surface area contributed by atoms with E-state index in [4.69, 9.17) is 22.7 Å². The van der Waals surface area contributed by atoms with Crippen molar-refractivity contribution in [3.63, 3.8) is 0 Å². The topological polar surface area (TPSA) is 47.3 Å². The molecule has 0 radical (unpaired) electrons. The number of hydrogen-bond donors (Lipinski definition) is 2. The van der Waals surface area contributed by atoms with E-state index in [0.29, 0.717) is 11.6 Å². The van der Waals surface area contributed by atoms with Crippen molar-refractivity contribution in [3.05, 3.63) is 28.2 Å². The molecule has 3 nitrogen and oxygen atoms in total. The number of benzene rings is 1. The molecule has 0 atom stereocenters. The van der Waals surface area contributed by atoms with Crippen LogP contribution < -0.4 is 11.1 Å². The Morgan fingerprint density at radius 3 is 2.87 bits per heavy atom. The fraction of sp³-hybridized carbons (Fsp3) is 0.300. The number of hydrogen-bond acceptors (Lipinski definition) is 3. The first kappa shape index (κ1) is 12.4. The third-order valence-corrected chi connectivity index (χ3v) is 2.77. The molecule has 0 fully saturated rings. The van der Waals surface area contributed by atoms with Gasteiger partial charge in [-0.2, -0.15) is 0 Å². The molecule has 0 bridgehead atoms. The fourth-order valence-corrected chi connectivity index (χ4v) is 1.75. The summed E-state index contributed by atoms with van der Waals surface area (Å²) in [6.07, 6.45) is 0. The summed E-state index contributed by atoms with van der Waals surface area (Å²) in [6, 6.07) is 5.73. The summed E-state index contributed by atoms with van der Waals surface area (Å²) in [5, 5.41) is 3.22. The third-order valence-electron chi connectivity index (χ3n) is 1.88. The lowest BCUT2D eigenvalue weighted by atomic mass is 10.2. The number of nitrogens with one attached hydrogen (secondary N) is 1. The molecule has 82 valence electrons. The summed E-state index contributed by atoms with van der Waals surface area (Å²) in [4.78, 5) is 0.402. The van der Waals surface area contributed by atoms with Crippen molar-refractivity contribution in [3.8, 4) is 0 Å². The van der Waals surface area contributed by atoms with Gasteiger partial charge in [0, 0.05) is 29.4 Å². The van der Waals surface area contributed by atoms with Crippen LogP contribution in [0.3, 0.4) is 0 Å². The molecule has 1 aromatic carbocycles.